The zero-order valence-corrected chi connectivity index (χ0v) is 35.5. The predicted octanol–water partition coefficient (Wildman–Crippen LogP) is 3.16. The van der Waals surface area contributed by atoms with Crippen LogP contribution in [0.5, 0.6) is 0 Å². The first-order valence-corrected chi connectivity index (χ1v) is 21.5. The molecule has 3 heterocycles. The highest BCUT2D eigenvalue weighted by Gasteiger charge is 2.52. The van der Waals surface area contributed by atoms with Gasteiger partial charge >= 0.3 is 27.6 Å². The average molecular weight is 887 g/mol. The number of anilines is 1. The van der Waals surface area contributed by atoms with Crippen molar-refractivity contribution in [3.63, 3.8) is 0 Å². The van der Waals surface area contributed by atoms with E-state index in [1.165, 1.54) is 18.4 Å². The molecule has 0 saturated carbocycles. The van der Waals surface area contributed by atoms with E-state index in [0.29, 0.717) is 0 Å². The molecular formula is C34H48N8O16P2. The van der Waals surface area contributed by atoms with Crippen LogP contribution in [-0.4, -0.2) is 107 Å². The Bertz CT molecular complexity index is 2050. The Hall–Kier alpha value is -4.63. The van der Waals surface area contributed by atoms with Crippen LogP contribution in [0.4, 0.5) is 5.95 Å². The first-order valence-electron chi connectivity index (χ1n) is 18.6. The molecule has 0 aromatic carbocycles. The second kappa shape index (κ2) is 23.4. The van der Waals surface area contributed by atoms with E-state index >= 15 is 0 Å². The van der Waals surface area contributed by atoms with Crippen LogP contribution in [0.1, 0.15) is 67.0 Å². The molecule has 3 N–H and O–H groups in total. The number of nitriles is 3. The number of aliphatic hydroxyl groups excluding tert-OH is 1. The van der Waals surface area contributed by atoms with Gasteiger partial charge in [-0.15, -0.1) is 0 Å². The highest BCUT2D eigenvalue weighted by atomic mass is 31.2. The number of carbonyl (C=O) groups is 3. The number of aromatic amines is 1. The van der Waals surface area contributed by atoms with Crippen LogP contribution in [0.2, 0.25) is 0 Å². The summed E-state index contributed by atoms with van der Waals surface area (Å²) in [6, 6.07) is 5.34. The number of nitrogens with zero attached hydrogens (tertiary/aromatic N) is 6. The van der Waals surface area contributed by atoms with Crippen molar-refractivity contribution in [2.24, 2.45) is 17.8 Å². The van der Waals surface area contributed by atoms with E-state index in [9.17, 15) is 33.4 Å². The van der Waals surface area contributed by atoms with Gasteiger partial charge in [-0.1, -0.05) is 41.5 Å². The van der Waals surface area contributed by atoms with Gasteiger partial charge in [-0.3, -0.25) is 61.2 Å². The highest BCUT2D eigenvalue weighted by molar-refractivity contribution is 7.48. The summed E-state index contributed by atoms with van der Waals surface area (Å²) in [7, 11) is -9.36. The van der Waals surface area contributed by atoms with Gasteiger partial charge in [0.1, 0.15) is 12.2 Å². The molecule has 1 amide bonds. The maximum absolute atomic E-state index is 14.1. The Morgan fingerprint density at radius 1 is 0.867 bits per heavy atom. The SMILES string of the molecule is CC(C)C(=O)Nc1nc2c(ncn2C2O[C@H](COP(=O)(OCCC#N)OCC(CO)OP(=O)(OCCC#N)OCCC#N)[C@@H](OC(=O)C(C)C)[C@H]2OC(=O)C(C)C)c(=O)[nH]1. The minimum atomic E-state index is -4.83. The molecule has 330 valence electrons. The van der Waals surface area contributed by atoms with Crippen LogP contribution in [0.3, 0.4) is 0 Å². The maximum atomic E-state index is 14.1. The number of imidazole rings is 1. The number of fused-ring (bicyclic) bond motifs is 1. The number of H-pyrrole nitrogens is 1. The van der Waals surface area contributed by atoms with E-state index < -0.39 is 127 Å². The van der Waals surface area contributed by atoms with Gasteiger partial charge in [-0.2, -0.15) is 20.8 Å². The summed E-state index contributed by atoms with van der Waals surface area (Å²) in [6.45, 7) is 5.52. The topological polar surface area (TPSA) is 336 Å². The van der Waals surface area contributed by atoms with Crippen LogP contribution in [0.15, 0.2) is 11.1 Å². The van der Waals surface area contributed by atoms with E-state index in [1.54, 1.807) is 45.9 Å². The molecule has 1 saturated heterocycles. The number of nitrogens with one attached hydrogen (secondary N) is 2. The van der Waals surface area contributed by atoms with Crippen molar-refractivity contribution in [3.8, 4) is 18.2 Å². The number of aliphatic hydroxyl groups is 1. The monoisotopic (exact) mass is 886 g/mol. The van der Waals surface area contributed by atoms with Crippen molar-refractivity contribution >= 4 is 50.6 Å². The quantitative estimate of drug-likeness (QED) is 0.0732. The first-order chi connectivity index (χ1) is 28.4. The van der Waals surface area contributed by atoms with Crippen molar-refractivity contribution in [2.45, 2.75) is 91.4 Å². The molecule has 0 radical (unpaired) electrons. The number of esters is 2. The van der Waals surface area contributed by atoms with E-state index in [0.717, 1.165) is 6.33 Å². The molecule has 26 heteroatoms. The van der Waals surface area contributed by atoms with Gasteiger partial charge in [-0.05, 0) is 0 Å². The molecule has 0 aliphatic carbocycles. The zero-order chi connectivity index (χ0) is 44.6. The molecule has 1 aliphatic rings. The predicted molar refractivity (Wildman–Crippen MR) is 203 cm³/mol. The van der Waals surface area contributed by atoms with Crippen LogP contribution >= 0.6 is 15.6 Å². The number of phosphoric acid groups is 2. The summed E-state index contributed by atoms with van der Waals surface area (Å²) < 4.78 is 78.3. The summed E-state index contributed by atoms with van der Waals surface area (Å²) in [5.74, 6) is -4.12. The van der Waals surface area contributed by atoms with E-state index in [1.807, 2.05) is 0 Å². The number of amides is 1. The summed E-state index contributed by atoms with van der Waals surface area (Å²) >= 11 is 0. The fraction of sp³-hybridized carbons (Fsp3) is 0.676. The lowest BCUT2D eigenvalue weighted by molar-refractivity contribution is -0.172. The smallest absolute Gasteiger partial charge is 0.455 e. The van der Waals surface area contributed by atoms with Gasteiger partial charge < -0.3 is 19.3 Å². The van der Waals surface area contributed by atoms with Crippen LogP contribution in [0.25, 0.3) is 11.2 Å². The minimum absolute atomic E-state index is 0.140. The van der Waals surface area contributed by atoms with Gasteiger partial charge in [-0.25, -0.2) is 14.1 Å². The largest absolute Gasteiger partial charge is 0.475 e. The number of aromatic nitrogens is 4. The van der Waals surface area contributed by atoms with Crippen molar-refractivity contribution in [1.82, 2.24) is 19.5 Å². The van der Waals surface area contributed by atoms with Gasteiger partial charge in [0.2, 0.25) is 11.9 Å². The van der Waals surface area contributed by atoms with E-state index in [-0.39, 0.29) is 36.4 Å². The number of ether oxygens (including phenoxy) is 3. The average Bonchev–Trinajstić information content (AvgIpc) is 3.76. The van der Waals surface area contributed by atoms with Gasteiger partial charge in [0.05, 0.1) is 95.3 Å². The van der Waals surface area contributed by atoms with Crippen molar-refractivity contribution in [2.75, 3.05) is 45.0 Å². The molecule has 3 rings (SSSR count). The number of hydrogen-bond acceptors (Lipinski definition) is 21. The number of phosphoric ester groups is 2. The van der Waals surface area contributed by atoms with Crippen LogP contribution < -0.4 is 10.9 Å². The Labute approximate surface area is 344 Å². The van der Waals surface area contributed by atoms with Gasteiger partial charge in [0.15, 0.2) is 29.6 Å². The number of carbonyl (C=O) groups excluding carboxylic acids is 3. The lowest BCUT2D eigenvalue weighted by Gasteiger charge is -2.27. The van der Waals surface area contributed by atoms with Gasteiger partial charge in [0.25, 0.3) is 5.56 Å². The van der Waals surface area contributed by atoms with Crippen molar-refractivity contribution < 1.29 is 70.0 Å². The third kappa shape index (κ3) is 14.2. The first kappa shape index (κ1) is 49.7. The summed E-state index contributed by atoms with van der Waals surface area (Å²) in [5, 5.41) is 39.3. The van der Waals surface area contributed by atoms with Crippen molar-refractivity contribution in [1.29, 1.82) is 15.8 Å². The van der Waals surface area contributed by atoms with Crippen LogP contribution in [-0.2, 0) is 64.9 Å². The molecule has 6 atom stereocenters. The number of rotatable bonds is 25. The number of hydrogen-bond donors (Lipinski definition) is 3. The molecule has 2 aromatic rings. The fourth-order valence-electron chi connectivity index (χ4n) is 4.76. The summed E-state index contributed by atoms with van der Waals surface area (Å²) in [5.41, 5.74) is -1.09. The molecule has 2 aromatic heterocycles. The Kier molecular flexibility index (Phi) is 19.4. The van der Waals surface area contributed by atoms with E-state index in [4.69, 9.17) is 57.1 Å². The second-order valence-corrected chi connectivity index (χ2v) is 17.0. The molecule has 0 spiro atoms. The molecule has 3 unspecified atom stereocenters. The third-order valence-corrected chi connectivity index (χ3v) is 10.9. The molecule has 24 nitrogen and oxygen atoms in total. The van der Waals surface area contributed by atoms with Crippen molar-refractivity contribution in [3.05, 3.63) is 16.7 Å². The Balaban J connectivity index is 2.01. The van der Waals surface area contributed by atoms with Crippen LogP contribution in [0, 0.1) is 51.7 Å². The molecule has 1 fully saturated rings. The molecular weight excluding hydrogens is 838 g/mol. The molecule has 60 heavy (non-hydrogen) atoms. The normalized spacial score (nSPS) is 19.4. The Morgan fingerprint density at radius 2 is 1.42 bits per heavy atom. The second-order valence-electron chi connectivity index (χ2n) is 13.7. The highest BCUT2D eigenvalue weighted by Crippen LogP contribution is 2.53. The minimum Gasteiger partial charge on any atom is -0.455 e. The zero-order valence-electron chi connectivity index (χ0n) is 33.7. The third-order valence-electron chi connectivity index (χ3n) is 7.89. The standard InChI is InChI=1S/C34H48N8O16P2/c1-20(2)29(44)40-34-39-28-25(30(45)41-34)38-19-42(28)31-27(57-33(47)22(5)6)26(56-32(46)21(3)4)24(55-31)18-54-59(48,50-13-7-10-35)53-17-23(16-43)58-60(49,51-14-8-11-36)52-15-9-12-37/h19-24,26-27,31,43H,7-9,13-18H2,1-6H3,(H2,39,40,41,44,45)/t23?,24-,26-,27-,31?,59?/m1/s1. The maximum Gasteiger partial charge on any atom is 0.475 e. The lowest BCUT2D eigenvalue weighted by Crippen LogP contribution is -2.42. The van der Waals surface area contributed by atoms with Gasteiger partial charge in [0, 0.05) is 5.92 Å². The fourth-order valence-corrected chi connectivity index (χ4v) is 7.30. The summed E-state index contributed by atoms with van der Waals surface area (Å²) in [4.78, 5) is 62.6. The summed E-state index contributed by atoms with van der Waals surface area (Å²) in [6.07, 6.45) is -7.09. The lowest BCUT2D eigenvalue weighted by atomic mass is 10.1. The molecule has 0 bridgehead atoms. The van der Waals surface area contributed by atoms with E-state index in [2.05, 4.69) is 20.3 Å². The molecule has 1 aliphatic heterocycles. The Morgan fingerprint density at radius 3 is 1.93 bits per heavy atom.